The van der Waals surface area contributed by atoms with Gasteiger partial charge in [-0.2, -0.15) is 0 Å². The van der Waals surface area contributed by atoms with Gasteiger partial charge in [-0.05, 0) is 69.7 Å². The highest BCUT2D eigenvalue weighted by Crippen LogP contribution is 2.20. The lowest BCUT2D eigenvalue weighted by Crippen LogP contribution is -2.37. The minimum absolute atomic E-state index is 0.157. The number of nitrogens with one attached hydrogen (secondary N) is 1. The summed E-state index contributed by atoms with van der Waals surface area (Å²) in [7, 11) is 2.03. The molecule has 2 rings (SSSR count). The Morgan fingerprint density at radius 3 is 2.58 bits per heavy atom. The van der Waals surface area contributed by atoms with E-state index in [-0.39, 0.29) is 5.82 Å². The van der Waals surface area contributed by atoms with Crippen LogP contribution in [-0.4, -0.2) is 43.9 Å². The highest BCUT2D eigenvalue weighted by Gasteiger charge is 2.17. The van der Waals surface area contributed by atoms with Crippen LogP contribution in [0.25, 0.3) is 0 Å². The van der Waals surface area contributed by atoms with Crippen LogP contribution in [-0.2, 0) is 0 Å². The van der Waals surface area contributed by atoms with E-state index < -0.39 is 0 Å². The molecule has 4 heteroatoms. The Morgan fingerprint density at radius 1 is 1.26 bits per heavy atom. The van der Waals surface area contributed by atoms with E-state index in [9.17, 15) is 4.39 Å². The van der Waals surface area contributed by atoms with E-state index >= 15 is 0 Å². The molecule has 0 atom stereocenters. The summed E-state index contributed by atoms with van der Waals surface area (Å²) in [4.78, 5) is 3.70. The van der Waals surface area contributed by atoms with Crippen molar-refractivity contribution >= 4 is 11.8 Å². The van der Waals surface area contributed by atoms with Crippen molar-refractivity contribution in [2.75, 3.05) is 39.0 Å². The molecule has 1 heterocycles. The summed E-state index contributed by atoms with van der Waals surface area (Å²) < 4.78 is 12.8. The third kappa shape index (κ3) is 5.13. The predicted octanol–water partition coefficient (Wildman–Crippen LogP) is 2.85. The number of piperidine rings is 1. The smallest absolute Gasteiger partial charge is 0.123 e. The molecule has 0 amide bonds. The zero-order chi connectivity index (χ0) is 13.5. The van der Waals surface area contributed by atoms with Crippen LogP contribution in [0, 0.1) is 11.7 Å². The normalized spacial score (nSPS) is 17.8. The first-order chi connectivity index (χ1) is 9.28. The second-order valence-corrected chi connectivity index (χ2v) is 6.31. The topological polar surface area (TPSA) is 15.3 Å². The lowest BCUT2D eigenvalue weighted by Gasteiger charge is -2.31. The maximum atomic E-state index is 12.8. The van der Waals surface area contributed by atoms with Crippen LogP contribution in [0.5, 0.6) is 0 Å². The van der Waals surface area contributed by atoms with Crippen LogP contribution in [0.1, 0.15) is 12.8 Å². The van der Waals surface area contributed by atoms with E-state index in [4.69, 9.17) is 0 Å². The van der Waals surface area contributed by atoms with Crippen molar-refractivity contribution in [2.24, 2.45) is 5.92 Å². The van der Waals surface area contributed by atoms with Gasteiger partial charge in [0.1, 0.15) is 5.82 Å². The van der Waals surface area contributed by atoms with E-state index in [2.05, 4.69) is 10.2 Å². The highest BCUT2D eigenvalue weighted by molar-refractivity contribution is 7.99. The zero-order valence-electron chi connectivity index (χ0n) is 11.6. The van der Waals surface area contributed by atoms with Gasteiger partial charge >= 0.3 is 0 Å². The third-order valence-corrected chi connectivity index (χ3v) is 4.68. The van der Waals surface area contributed by atoms with E-state index in [0.717, 1.165) is 29.7 Å². The Bertz CT molecular complexity index is 361. The average molecular weight is 282 g/mol. The zero-order valence-corrected chi connectivity index (χ0v) is 12.4. The van der Waals surface area contributed by atoms with Crippen molar-refractivity contribution in [3.63, 3.8) is 0 Å². The van der Waals surface area contributed by atoms with Gasteiger partial charge in [0.2, 0.25) is 0 Å². The standard InChI is InChI=1S/C15H23FN2S/c1-17-12-13-6-8-18(9-7-13)10-11-19-15-4-2-14(16)3-5-15/h2-5,13,17H,6-12H2,1H3. The molecule has 1 aromatic carbocycles. The first-order valence-corrected chi connectivity index (χ1v) is 8.02. The molecule has 0 spiro atoms. The van der Waals surface area contributed by atoms with Gasteiger partial charge < -0.3 is 10.2 Å². The van der Waals surface area contributed by atoms with Crippen LogP contribution in [0.3, 0.4) is 0 Å². The van der Waals surface area contributed by atoms with Gasteiger partial charge in [-0.15, -0.1) is 11.8 Å². The fourth-order valence-corrected chi connectivity index (χ4v) is 3.44. The minimum Gasteiger partial charge on any atom is -0.319 e. The molecule has 106 valence electrons. The van der Waals surface area contributed by atoms with Gasteiger partial charge in [-0.1, -0.05) is 0 Å². The minimum atomic E-state index is -0.157. The molecule has 0 bridgehead atoms. The van der Waals surface area contributed by atoms with E-state index in [1.807, 2.05) is 30.9 Å². The van der Waals surface area contributed by atoms with E-state index in [1.165, 1.54) is 38.1 Å². The van der Waals surface area contributed by atoms with Crippen LogP contribution in [0.4, 0.5) is 4.39 Å². The van der Waals surface area contributed by atoms with Crippen LogP contribution >= 0.6 is 11.8 Å². The lowest BCUT2D eigenvalue weighted by molar-refractivity contribution is 0.193. The Kier molecular flexibility index (Phi) is 6.14. The number of nitrogens with zero attached hydrogens (tertiary/aromatic N) is 1. The van der Waals surface area contributed by atoms with Crippen LogP contribution < -0.4 is 5.32 Å². The van der Waals surface area contributed by atoms with Crippen molar-refractivity contribution in [2.45, 2.75) is 17.7 Å². The number of halogens is 1. The lowest BCUT2D eigenvalue weighted by atomic mass is 9.97. The molecule has 0 aliphatic carbocycles. The van der Waals surface area contributed by atoms with Gasteiger partial charge in [-0.25, -0.2) is 4.39 Å². The molecular weight excluding hydrogens is 259 g/mol. The molecule has 1 saturated heterocycles. The number of likely N-dealkylation sites (tertiary alicyclic amines) is 1. The Hall–Kier alpha value is -0.580. The monoisotopic (exact) mass is 282 g/mol. The molecule has 19 heavy (non-hydrogen) atoms. The Labute approximate surface area is 119 Å². The summed E-state index contributed by atoms with van der Waals surface area (Å²) in [5.74, 6) is 1.78. The summed E-state index contributed by atoms with van der Waals surface area (Å²) in [6, 6.07) is 6.79. The fraction of sp³-hybridized carbons (Fsp3) is 0.600. The predicted molar refractivity (Wildman–Crippen MR) is 80.2 cm³/mol. The van der Waals surface area contributed by atoms with E-state index in [1.54, 1.807) is 0 Å². The van der Waals surface area contributed by atoms with Gasteiger partial charge in [0.05, 0.1) is 0 Å². The summed E-state index contributed by atoms with van der Waals surface area (Å²) in [6.07, 6.45) is 2.62. The molecule has 1 aromatic rings. The van der Waals surface area contributed by atoms with Crippen molar-refractivity contribution in [1.29, 1.82) is 0 Å². The second-order valence-electron chi connectivity index (χ2n) is 5.15. The maximum absolute atomic E-state index is 12.8. The van der Waals surface area contributed by atoms with Crippen molar-refractivity contribution < 1.29 is 4.39 Å². The summed E-state index contributed by atoms with van der Waals surface area (Å²) in [5, 5.41) is 3.27. The second kappa shape index (κ2) is 7.88. The van der Waals surface area contributed by atoms with E-state index in [0.29, 0.717) is 0 Å². The number of rotatable bonds is 6. The summed E-state index contributed by atoms with van der Waals surface area (Å²) in [6.45, 7) is 4.72. The molecule has 0 aromatic heterocycles. The molecule has 2 nitrogen and oxygen atoms in total. The number of thioether (sulfide) groups is 1. The molecule has 0 saturated carbocycles. The summed E-state index contributed by atoms with van der Waals surface area (Å²) in [5.41, 5.74) is 0. The molecule has 1 aliphatic rings. The largest absolute Gasteiger partial charge is 0.319 e. The highest BCUT2D eigenvalue weighted by atomic mass is 32.2. The van der Waals surface area contributed by atoms with Gasteiger partial charge in [0, 0.05) is 17.2 Å². The molecule has 1 N–H and O–H groups in total. The summed E-state index contributed by atoms with van der Waals surface area (Å²) >= 11 is 1.81. The quantitative estimate of drug-likeness (QED) is 0.808. The van der Waals surface area contributed by atoms with Crippen molar-refractivity contribution in [1.82, 2.24) is 10.2 Å². The SMILES string of the molecule is CNCC1CCN(CCSc2ccc(F)cc2)CC1. The number of hydrogen-bond acceptors (Lipinski definition) is 3. The van der Waals surface area contributed by atoms with Crippen LogP contribution in [0.2, 0.25) is 0 Å². The fourth-order valence-electron chi connectivity index (χ4n) is 2.53. The molecule has 0 unspecified atom stereocenters. The molecule has 1 aliphatic heterocycles. The average Bonchev–Trinajstić information content (AvgIpc) is 2.43. The van der Waals surface area contributed by atoms with Gasteiger partial charge in [0.25, 0.3) is 0 Å². The number of benzene rings is 1. The van der Waals surface area contributed by atoms with Crippen LogP contribution in [0.15, 0.2) is 29.2 Å². The maximum Gasteiger partial charge on any atom is 0.123 e. The molecular formula is C15H23FN2S. The molecule has 0 radical (unpaired) electrons. The van der Waals surface area contributed by atoms with Crippen molar-refractivity contribution in [3.8, 4) is 0 Å². The Morgan fingerprint density at radius 2 is 1.95 bits per heavy atom. The molecule has 1 fully saturated rings. The first-order valence-electron chi connectivity index (χ1n) is 7.03. The first kappa shape index (κ1) is 14.8. The number of hydrogen-bond donors (Lipinski definition) is 1. The van der Waals surface area contributed by atoms with Crippen molar-refractivity contribution in [3.05, 3.63) is 30.1 Å². The third-order valence-electron chi connectivity index (χ3n) is 3.69. The Balaban J connectivity index is 1.63. The van der Waals surface area contributed by atoms with Gasteiger partial charge in [0.15, 0.2) is 0 Å². The van der Waals surface area contributed by atoms with Gasteiger partial charge in [-0.3, -0.25) is 0 Å².